The fraction of sp³-hybridized carbons (Fsp3) is 0.0345. The second-order valence-electron chi connectivity index (χ2n) is 8.23. The zero-order chi connectivity index (χ0) is 24.5. The molecule has 5 aromatic rings. The quantitative estimate of drug-likeness (QED) is 0.265. The normalized spacial score (nSPS) is 13.3. The number of H-pyrrole nitrogens is 1. The third kappa shape index (κ3) is 4.17. The van der Waals surface area contributed by atoms with Gasteiger partial charge in [-0.15, -0.1) is 0 Å². The Bertz CT molecular complexity index is 1690. The van der Waals surface area contributed by atoms with Crippen LogP contribution in [0.2, 0.25) is 0 Å². The van der Waals surface area contributed by atoms with E-state index in [1.54, 1.807) is 48.5 Å². The molecule has 0 radical (unpaired) electrons. The monoisotopic (exact) mass is 511 g/mol. The first-order chi connectivity index (χ1) is 17.6. The summed E-state index contributed by atoms with van der Waals surface area (Å²) in [6, 6.07) is 31.8. The maximum absolute atomic E-state index is 14.1. The summed E-state index contributed by atoms with van der Waals surface area (Å²) < 4.78 is 39.2. The molecular formula is C29H21NO4S2. The Morgan fingerprint density at radius 1 is 0.806 bits per heavy atom. The van der Waals surface area contributed by atoms with Gasteiger partial charge in [0, 0.05) is 20.7 Å². The molecule has 0 amide bonds. The number of rotatable bonds is 6. The number of sulfone groups is 1. The van der Waals surface area contributed by atoms with Gasteiger partial charge in [-0.1, -0.05) is 72.4 Å². The minimum absolute atomic E-state index is 0.150. The second kappa shape index (κ2) is 9.26. The summed E-state index contributed by atoms with van der Waals surface area (Å²) in [5.74, 6) is 1.24. The highest BCUT2D eigenvalue weighted by atomic mass is 32.2. The van der Waals surface area contributed by atoms with Crippen LogP contribution >= 0.6 is 11.8 Å². The second-order valence-corrected chi connectivity index (χ2v) is 11.2. The third-order valence-corrected chi connectivity index (χ3v) is 8.84. The van der Waals surface area contributed by atoms with E-state index in [1.807, 2.05) is 60.7 Å². The SMILES string of the molecule is O=S(=O)(/C(=C\c1ccc2c(c1)OCO2)c1[nH]c2ccccc2c1Sc1ccccc1)c1ccccc1. The molecule has 4 aromatic carbocycles. The molecule has 1 N–H and O–H groups in total. The number of aromatic nitrogens is 1. The van der Waals surface area contributed by atoms with E-state index in [0.717, 1.165) is 20.7 Å². The molecule has 1 aliphatic rings. The maximum atomic E-state index is 14.1. The first kappa shape index (κ1) is 22.5. The molecule has 5 nitrogen and oxygen atoms in total. The van der Waals surface area contributed by atoms with E-state index in [-0.39, 0.29) is 16.6 Å². The Morgan fingerprint density at radius 2 is 1.50 bits per heavy atom. The van der Waals surface area contributed by atoms with Gasteiger partial charge < -0.3 is 14.5 Å². The van der Waals surface area contributed by atoms with Crippen molar-refractivity contribution >= 4 is 43.5 Å². The van der Waals surface area contributed by atoms with E-state index in [9.17, 15) is 8.42 Å². The molecule has 1 aliphatic heterocycles. The van der Waals surface area contributed by atoms with Gasteiger partial charge in [0.25, 0.3) is 0 Å². The van der Waals surface area contributed by atoms with Crippen molar-refractivity contribution in [1.29, 1.82) is 0 Å². The molecule has 2 heterocycles. The summed E-state index contributed by atoms with van der Waals surface area (Å²) in [5.41, 5.74) is 2.11. The number of nitrogens with one attached hydrogen (secondary N) is 1. The molecule has 0 fully saturated rings. The molecule has 0 spiro atoms. The van der Waals surface area contributed by atoms with Crippen molar-refractivity contribution in [1.82, 2.24) is 4.98 Å². The zero-order valence-corrected chi connectivity index (χ0v) is 20.7. The summed E-state index contributed by atoms with van der Waals surface area (Å²) in [6.07, 6.45) is 1.70. The van der Waals surface area contributed by atoms with Crippen LogP contribution in [0.3, 0.4) is 0 Å². The number of para-hydroxylation sites is 1. The predicted octanol–water partition coefficient (Wildman–Crippen LogP) is 7.02. The molecule has 178 valence electrons. The fourth-order valence-electron chi connectivity index (χ4n) is 4.17. The largest absolute Gasteiger partial charge is 0.454 e. The zero-order valence-electron chi connectivity index (χ0n) is 19.0. The Kier molecular flexibility index (Phi) is 5.79. The summed E-state index contributed by atoms with van der Waals surface area (Å²) in [4.78, 5) is 5.69. The minimum atomic E-state index is -3.88. The van der Waals surface area contributed by atoms with Crippen LogP contribution in [-0.4, -0.2) is 20.2 Å². The predicted molar refractivity (Wildman–Crippen MR) is 143 cm³/mol. The lowest BCUT2D eigenvalue weighted by molar-refractivity contribution is 0.174. The highest BCUT2D eigenvalue weighted by molar-refractivity contribution is 8.01. The number of hydrogen-bond acceptors (Lipinski definition) is 5. The molecule has 1 aromatic heterocycles. The van der Waals surface area contributed by atoms with Crippen LogP contribution in [0.5, 0.6) is 11.5 Å². The Balaban J connectivity index is 1.60. The minimum Gasteiger partial charge on any atom is -0.454 e. The van der Waals surface area contributed by atoms with E-state index < -0.39 is 9.84 Å². The topological polar surface area (TPSA) is 68.4 Å². The highest BCUT2D eigenvalue weighted by Crippen LogP contribution is 2.43. The van der Waals surface area contributed by atoms with E-state index in [4.69, 9.17) is 9.47 Å². The van der Waals surface area contributed by atoms with Gasteiger partial charge >= 0.3 is 0 Å². The number of ether oxygens (including phenoxy) is 2. The molecule has 0 unspecified atom stereocenters. The van der Waals surface area contributed by atoms with Crippen molar-refractivity contribution in [3.05, 3.63) is 114 Å². The molecular weight excluding hydrogens is 490 g/mol. The van der Waals surface area contributed by atoms with Crippen LogP contribution in [0.1, 0.15) is 11.3 Å². The molecule has 7 heteroatoms. The number of aromatic amines is 1. The summed E-state index contributed by atoms with van der Waals surface area (Å²) in [7, 11) is -3.88. The van der Waals surface area contributed by atoms with Gasteiger partial charge in [0.1, 0.15) is 0 Å². The first-order valence-electron chi connectivity index (χ1n) is 11.3. The van der Waals surface area contributed by atoms with E-state index >= 15 is 0 Å². The van der Waals surface area contributed by atoms with Crippen LogP contribution in [-0.2, 0) is 9.84 Å². The Hall–Kier alpha value is -3.94. The highest BCUT2D eigenvalue weighted by Gasteiger charge is 2.28. The Morgan fingerprint density at radius 3 is 2.31 bits per heavy atom. The van der Waals surface area contributed by atoms with Crippen LogP contribution < -0.4 is 9.47 Å². The van der Waals surface area contributed by atoms with E-state index in [0.29, 0.717) is 22.8 Å². The lowest BCUT2D eigenvalue weighted by Gasteiger charge is -2.12. The molecule has 0 bridgehead atoms. The lowest BCUT2D eigenvalue weighted by Crippen LogP contribution is -2.05. The molecule has 0 atom stereocenters. The van der Waals surface area contributed by atoms with Gasteiger partial charge in [-0.3, -0.25) is 0 Å². The summed E-state index contributed by atoms with van der Waals surface area (Å²) >= 11 is 1.54. The van der Waals surface area contributed by atoms with Crippen LogP contribution in [0.15, 0.2) is 118 Å². The summed E-state index contributed by atoms with van der Waals surface area (Å²) in [6.45, 7) is 0.150. The smallest absolute Gasteiger partial charge is 0.231 e. The molecule has 0 saturated heterocycles. The van der Waals surface area contributed by atoms with Crippen molar-refractivity contribution in [2.24, 2.45) is 0 Å². The average Bonchev–Trinajstić information content (AvgIpc) is 3.53. The average molecular weight is 512 g/mol. The van der Waals surface area contributed by atoms with Crippen LogP contribution in [0.4, 0.5) is 0 Å². The van der Waals surface area contributed by atoms with E-state index in [2.05, 4.69) is 4.98 Å². The standard InChI is InChI=1S/C29H21NO4S2/c31-36(32,22-11-5-2-6-12-22)27(18-20-15-16-25-26(17-20)34-19-33-25)28-29(35-21-9-3-1-4-10-21)23-13-7-8-14-24(23)30-28/h1-18,30H,19H2/b27-18-. The molecule has 0 saturated carbocycles. The fourth-order valence-corrected chi connectivity index (χ4v) is 6.79. The van der Waals surface area contributed by atoms with Gasteiger partial charge in [-0.2, -0.15) is 0 Å². The van der Waals surface area contributed by atoms with Crippen molar-refractivity contribution in [2.75, 3.05) is 6.79 Å². The van der Waals surface area contributed by atoms with Crippen LogP contribution in [0.25, 0.3) is 21.9 Å². The van der Waals surface area contributed by atoms with Gasteiger partial charge in [-0.25, -0.2) is 8.42 Å². The molecule has 6 rings (SSSR count). The van der Waals surface area contributed by atoms with E-state index in [1.165, 1.54) is 11.8 Å². The number of fused-ring (bicyclic) bond motifs is 2. The van der Waals surface area contributed by atoms with Crippen molar-refractivity contribution < 1.29 is 17.9 Å². The molecule has 0 aliphatic carbocycles. The van der Waals surface area contributed by atoms with Crippen LogP contribution in [0, 0.1) is 0 Å². The van der Waals surface area contributed by atoms with Gasteiger partial charge in [0.05, 0.1) is 15.5 Å². The van der Waals surface area contributed by atoms with Crippen molar-refractivity contribution in [3.63, 3.8) is 0 Å². The Labute approximate surface area is 213 Å². The van der Waals surface area contributed by atoms with Gasteiger partial charge in [-0.05, 0) is 54.1 Å². The van der Waals surface area contributed by atoms with Gasteiger partial charge in [0.15, 0.2) is 11.5 Å². The van der Waals surface area contributed by atoms with Crippen molar-refractivity contribution in [2.45, 2.75) is 14.7 Å². The van der Waals surface area contributed by atoms with Gasteiger partial charge in [0.2, 0.25) is 16.6 Å². The van der Waals surface area contributed by atoms with Crippen molar-refractivity contribution in [3.8, 4) is 11.5 Å². The number of benzene rings is 4. The molecule has 36 heavy (non-hydrogen) atoms. The third-order valence-electron chi connectivity index (χ3n) is 5.91. The first-order valence-corrected chi connectivity index (χ1v) is 13.6. The maximum Gasteiger partial charge on any atom is 0.231 e. The summed E-state index contributed by atoms with van der Waals surface area (Å²) in [5, 5.41) is 0.959. The lowest BCUT2D eigenvalue weighted by atomic mass is 10.1. The number of hydrogen-bond donors (Lipinski definition) is 1.